The summed E-state index contributed by atoms with van der Waals surface area (Å²) in [6, 6.07) is 8.80. The highest BCUT2D eigenvalue weighted by Gasteiger charge is 1.95. The minimum absolute atomic E-state index is 0.768. The summed E-state index contributed by atoms with van der Waals surface area (Å²) in [6.07, 6.45) is 2.19. The molecule has 1 aromatic rings. The molecular weight excluding hydrogens is 144 g/mol. The second kappa shape index (κ2) is 3.62. The number of hydrogen-bond acceptors (Lipinski definition) is 0. The molecule has 1 rings (SSSR count). The van der Waals surface area contributed by atoms with Crippen molar-refractivity contribution in [1.29, 1.82) is 0 Å². The van der Waals surface area contributed by atoms with Crippen LogP contribution < -0.4 is 0 Å². The number of halogens is 1. The lowest BCUT2D eigenvalue weighted by molar-refractivity contribution is 0.922. The molecule has 0 fully saturated rings. The first-order valence-electron chi connectivity index (χ1n) is 3.49. The van der Waals surface area contributed by atoms with Crippen LogP contribution in [0.3, 0.4) is 0 Å². The Labute approximate surface area is 66.8 Å². The van der Waals surface area contributed by atoms with Crippen molar-refractivity contribution in [2.45, 2.75) is 19.8 Å². The zero-order valence-corrected chi connectivity index (χ0v) is 6.78. The lowest BCUT2D eigenvalue weighted by atomic mass is 10.1. The fourth-order valence-corrected chi connectivity index (χ4v) is 1.13. The molecule has 0 aliphatic heterocycles. The summed E-state index contributed by atoms with van der Waals surface area (Å²) in [5.74, 6) is 0. The molecular formula is C9H10Cl. The molecule has 1 heteroatoms. The van der Waals surface area contributed by atoms with Crippen molar-refractivity contribution in [3.63, 3.8) is 0 Å². The Bertz CT molecular complexity index is 206. The average Bonchev–Trinajstić information content (AvgIpc) is 1.94. The molecule has 1 aromatic carbocycles. The Balaban J connectivity index is 2.81. The highest BCUT2D eigenvalue weighted by atomic mass is 35.5. The first-order valence-corrected chi connectivity index (χ1v) is 3.87. The van der Waals surface area contributed by atoms with Crippen molar-refractivity contribution >= 4 is 11.6 Å². The van der Waals surface area contributed by atoms with Gasteiger partial charge in [0.15, 0.2) is 0 Å². The van der Waals surface area contributed by atoms with Crippen LogP contribution in [-0.2, 0) is 6.42 Å². The number of aryl methyl sites for hydroxylation is 1. The lowest BCUT2D eigenvalue weighted by Gasteiger charge is -1.98. The summed E-state index contributed by atoms with van der Waals surface area (Å²) in [7, 11) is 0. The molecule has 0 saturated carbocycles. The molecule has 0 N–H and O–H groups in total. The van der Waals surface area contributed by atoms with Crippen molar-refractivity contribution in [3.8, 4) is 0 Å². The molecule has 0 atom stereocenters. The van der Waals surface area contributed by atoms with Crippen LogP contribution >= 0.6 is 11.6 Å². The molecule has 1 radical (unpaired) electrons. The molecule has 0 bridgehead atoms. The predicted molar refractivity (Wildman–Crippen MR) is 44.3 cm³/mol. The molecule has 0 aliphatic rings. The Kier molecular flexibility index (Phi) is 2.76. The summed E-state index contributed by atoms with van der Waals surface area (Å²) in [4.78, 5) is 0. The largest absolute Gasteiger partial charge is 0.0834 e. The summed E-state index contributed by atoms with van der Waals surface area (Å²) >= 11 is 5.85. The van der Waals surface area contributed by atoms with Crippen molar-refractivity contribution in [2.24, 2.45) is 0 Å². The van der Waals surface area contributed by atoms with Crippen LogP contribution in [0.5, 0.6) is 0 Å². The fraction of sp³-hybridized carbons (Fsp3) is 0.333. The third kappa shape index (κ3) is 1.74. The van der Waals surface area contributed by atoms with E-state index in [1.165, 1.54) is 5.56 Å². The van der Waals surface area contributed by atoms with Gasteiger partial charge in [-0.1, -0.05) is 43.1 Å². The minimum atomic E-state index is 0.768. The Morgan fingerprint density at radius 2 is 2.40 bits per heavy atom. The van der Waals surface area contributed by atoms with Crippen molar-refractivity contribution in [2.75, 3.05) is 0 Å². The first kappa shape index (κ1) is 7.62. The van der Waals surface area contributed by atoms with Crippen LogP contribution in [-0.4, -0.2) is 0 Å². The van der Waals surface area contributed by atoms with Crippen LogP contribution in [0.1, 0.15) is 18.9 Å². The SMILES string of the molecule is CCCc1ccc[c]c1Cl. The zero-order valence-electron chi connectivity index (χ0n) is 6.02. The van der Waals surface area contributed by atoms with E-state index in [2.05, 4.69) is 13.0 Å². The summed E-state index contributed by atoms with van der Waals surface area (Å²) in [6.45, 7) is 2.14. The van der Waals surface area contributed by atoms with E-state index in [1.54, 1.807) is 0 Å². The van der Waals surface area contributed by atoms with Gasteiger partial charge in [-0.25, -0.2) is 0 Å². The fourth-order valence-electron chi connectivity index (χ4n) is 0.914. The predicted octanol–water partition coefficient (Wildman–Crippen LogP) is 3.09. The molecule has 0 spiro atoms. The maximum Gasteiger partial charge on any atom is 0.0516 e. The highest BCUT2D eigenvalue weighted by molar-refractivity contribution is 6.31. The topological polar surface area (TPSA) is 0 Å². The van der Waals surface area contributed by atoms with E-state index >= 15 is 0 Å². The lowest BCUT2D eigenvalue weighted by Crippen LogP contribution is -1.82. The van der Waals surface area contributed by atoms with Crippen LogP contribution in [0.15, 0.2) is 18.2 Å². The van der Waals surface area contributed by atoms with Gasteiger partial charge in [0.05, 0.1) is 5.02 Å². The summed E-state index contributed by atoms with van der Waals surface area (Å²) < 4.78 is 0. The maximum absolute atomic E-state index is 5.85. The Hall–Kier alpha value is -0.490. The Morgan fingerprint density at radius 3 is 3.00 bits per heavy atom. The molecule has 0 amide bonds. The summed E-state index contributed by atoms with van der Waals surface area (Å²) in [5, 5.41) is 0.768. The molecule has 0 heterocycles. The van der Waals surface area contributed by atoms with E-state index in [1.807, 2.05) is 18.2 Å². The van der Waals surface area contributed by atoms with Gasteiger partial charge in [-0.3, -0.25) is 0 Å². The van der Waals surface area contributed by atoms with Gasteiger partial charge < -0.3 is 0 Å². The van der Waals surface area contributed by atoms with E-state index < -0.39 is 0 Å². The number of rotatable bonds is 2. The number of benzene rings is 1. The van der Waals surface area contributed by atoms with Gasteiger partial charge in [-0.05, 0) is 12.0 Å². The zero-order chi connectivity index (χ0) is 7.40. The quantitative estimate of drug-likeness (QED) is 0.613. The van der Waals surface area contributed by atoms with Crippen LogP contribution in [0.25, 0.3) is 0 Å². The van der Waals surface area contributed by atoms with Crippen molar-refractivity contribution in [1.82, 2.24) is 0 Å². The second-order valence-electron chi connectivity index (χ2n) is 2.26. The molecule has 0 unspecified atom stereocenters. The standard InChI is InChI=1S/C9H10Cl/c1-2-5-8-6-3-4-7-9(8)10/h3-4,6H,2,5H2,1H3. The van der Waals surface area contributed by atoms with Gasteiger partial charge in [0, 0.05) is 6.07 Å². The van der Waals surface area contributed by atoms with Gasteiger partial charge in [0.2, 0.25) is 0 Å². The van der Waals surface area contributed by atoms with E-state index in [-0.39, 0.29) is 0 Å². The molecule has 0 saturated heterocycles. The first-order chi connectivity index (χ1) is 4.84. The van der Waals surface area contributed by atoms with Crippen molar-refractivity contribution < 1.29 is 0 Å². The molecule has 0 aliphatic carbocycles. The van der Waals surface area contributed by atoms with Gasteiger partial charge >= 0.3 is 0 Å². The van der Waals surface area contributed by atoms with E-state index in [0.717, 1.165) is 17.9 Å². The van der Waals surface area contributed by atoms with E-state index in [0.29, 0.717) is 0 Å². The molecule has 0 aromatic heterocycles. The van der Waals surface area contributed by atoms with Gasteiger partial charge in [-0.2, -0.15) is 0 Å². The van der Waals surface area contributed by atoms with Crippen LogP contribution in [0.2, 0.25) is 5.02 Å². The third-order valence-corrected chi connectivity index (χ3v) is 1.76. The van der Waals surface area contributed by atoms with E-state index in [4.69, 9.17) is 11.6 Å². The second-order valence-corrected chi connectivity index (χ2v) is 2.64. The Morgan fingerprint density at radius 1 is 1.60 bits per heavy atom. The third-order valence-electron chi connectivity index (χ3n) is 1.40. The molecule has 53 valence electrons. The highest BCUT2D eigenvalue weighted by Crippen LogP contribution is 2.15. The van der Waals surface area contributed by atoms with Gasteiger partial charge in [0.25, 0.3) is 0 Å². The van der Waals surface area contributed by atoms with Crippen LogP contribution in [0.4, 0.5) is 0 Å². The van der Waals surface area contributed by atoms with E-state index in [9.17, 15) is 0 Å². The monoisotopic (exact) mass is 153 g/mol. The number of hydrogen-bond donors (Lipinski definition) is 0. The minimum Gasteiger partial charge on any atom is -0.0834 e. The normalized spacial score (nSPS) is 9.80. The van der Waals surface area contributed by atoms with Gasteiger partial charge in [-0.15, -0.1) is 0 Å². The maximum atomic E-state index is 5.85. The molecule has 0 nitrogen and oxygen atoms in total. The van der Waals surface area contributed by atoms with Crippen LogP contribution in [0, 0.1) is 6.07 Å². The van der Waals surface area contributed by atoms with Crippen molar-refractivity contribution in [3.05, 3.63) is 34.9 Å². The average molecular weight is 154 g/mol. The molecule has 10 heavy (non-hydrogen) atoms. The summed E-state index contributed by atoms with van der Waals surface area (Å²) in [5.41, 5.74) is 1.20. The van der Waals surface area contributed by atoms with Gasteiger partial charge in [0.1, 0.15) is 0 Å². The smallest absolute Gasteiger partial charge is 0.0516 e.